The van der Waals surface area contributed by atoms with Crippen LogP contribution in [-0.4, -0.2) is 42.4 Å². The van der Waals surface area contributed by atoms with E-state index in [2.05, 4.69) is 10.6 Å². The van der Waals surface area contributed by atoms with Crippen molar-refractivity contribution in [1.82, 2.24) is 15.5 Å². The molecule has 1 aromatic heterocycles. The molecule has 1 aliphatic rings. The van der Waals surface area contributed by atoms with Crippen LogP contribution in [0.2, 0.25) is 0 Å². The molecule has 3 rings (SSSR count). The van der Waals surface area contributed by atoms with Crippen molar-refractivity contribution in [3.05, 3.63) is 36.1 Å². The van der Waals surface area contributed by atoms with Gasteiger partial charge in [0, 0.05) is 18.5 Å². The Labute approximate surface area is 134 Å². The summed E-state index contributed by atoms with van der Waals surface area (Å²) in [6, 6.07) is 9.25. The molecule has 1 saturated heterocycles. The number of carbonyl (C=O) groups is 2. The molecule has 1 aliphatic heterocycles. The number of hydrogen-bond donors (Lipinski definition) is 2. The Morgan fingerprint density at radius 2 is 2.26 bits per heavy atom. The Bertz CT molecular complexity index is 677. The van der Waals surface area contributed by atoms with Gasteiger partial charge in [-0.15, -0.1) is 0 Å². The SMILES string of the molecule is CCN1CCNC(=O)[C@H]1CC(=O)NCc1cc2ccccc2o1. The number of nitrogens with zero attached hydrogens (tertiary/aromatic N) is 1. The van der Waals surface area contributed by atoms with E-state index in [4.69, 9.17) is 4.42 Å². The summed E-state index contributed by atoms with van der Waals surface area (Å²) >= 11 is 0. The number of piperazine rings is 1. The lowest BCUT2D eigenvalue weighted by atomic mass is 10.1. The number of amides is 2. The highest BCUT2D eigenvalue weighted by molar-refractivity contribution is 5.88. The fourth-order valence-corrected chi connectivity index (χ4v) is 2.92. The van der Waals surface area contributed by atoms with Crippen molar-refractivity contribution in [2.45, 2.75) is 25.9 Å². The number of carbonyl (C=O) groups excluding carboxylic acids is 2. The molecule has 122 valence electrons. The third kappa shape index (κ3) is 3.53. The van der Waals surface area contributed by atoms with Gasteiger partial charge in [-0.25, -0.2) is 0 Å². The topological polar surface area (TPSA) is 74.6 Å². The zero-order chi connectivity index (χ0) is 16.2. The van der Waals surface area contributed by atoms with Crippen LogP contribution >= 0.6 is 0 Å². The molecule has 0 saturated carbocycles. The summed E-state index contributed by atoms with van der Waals surface area (Å²) in [4.78, 5) is 26.1. The molecule has 2 heterocycles. The second-order valence-electron chi connectivity index (χ2n) is 5.67. The van der Waals surface area contributed by atoms with Gasteiger partial charge in [-0.05, 0) is 18.7 Å². The lowest BCUT2D eigenvalue weighted by molar-refractivity contribution is -0.133. The van der Waals surface area contributed by atoms with Crippen LogP contribution in [-0.2, 0) is 16.1 Å². The van der Waals surface area contributed by atoms with Crippen molar-refractivity contribution >= 4 is 22.8 Å². The minimum Gasteiger partial charge on any atom is -0.459 e. The van der Waals surface area contributed by atoms with Gasteiger partial charge in [0.05, 0.1) is 19.0 Å². The molecule has 6 nitrogen and oxygen atoms in total. The number of benzene rings is 1. The van der Waals surface area contributed by atoms with Crippen molar-refractivity contribution < 1.29 is 14.0 Å². The van der Waals surface area contributed by atoms with Crippen LogP contribution < -0.4 is 10.6 Å². The number of likely N-dealkylation sites (N-methyl/N-ethyl adjacent to an activating group) is 1. The zero-order valence-corrected chi connectivity index (χ0v) is 13.2. The average Bonchev–Trinajstić information content (AvgIpc) is 2.98. The first kappa shape index (κ1) is 15.6. The van der Waals surface area contributed by atoms with Crippen molar-refractivity contribution in [1.29, 1.82) is 0 Å². The minimum absolute atomic E-state index is 0.0722. The lowest BCUT2D eigenvalue weighted by Gasteiger charge is -2.33. The monoisotopic (exact) mass is 315 g/mol. The van der Waals surface area contributed by atoms with E-state index in [1.54, 1.807) is 0 Å². The van der Waals surface area contributed by atoms with Gasteiger partial charge >= 0.3 is 0 Å². The molecule has 0 spiro atoms. The molecule has 2 N–H and O–H groups in total. The molecule has 2 aromatic rings. The Kier molecular flexibility index (Phi) is 4.62. The first-order valence-electron chi connectivity index (χ1n) is 7.93. The lowest BCUT2D eigenvalue weighted by Crippen LogP contribution is -2.56. The van der Waals surface area contributed by atoms with Crippen molar-refractivity contribution in [2.24, 2.45) is 0 Å². The number of nitrogens with one attached hydrogen (secondary N) is 2. The number of para-hydroxylation sites is 1. The normalized spacial score (nSPS) is 18.8. The van der Waals surface area contributed by atoms with Gasteiger partial charge in [0.15, 0.2) is 0 Å². The quantitative estimate of drug-likeness (QED) is 0.871. The summed E-state index contributed by atoms with van der Waals surface area (Å²) in [5.41, 5.74) is 0.806. The summed E-state index contributed by atoms with van der Waals surface area (Å²) in [6.45, 7) is 4.51. The maximum atomic E-state index is 12.1. The molecule has 1 atom stereocenters. The Balaban J connectivity index is 1.57. The largest absolute Gasteiger partial charge is 0.459 e. The predicted octanol–water partition coefficient (Wildman–Crippen LogP) is 1.26. The third-order valence-electron chi connectivity index (χ3n) is 4.16. The summed E-state index contributed by atoms with van der Waals surface area (Å²) in [5.74, 6) is 0.489. The van der Waals surface area contributed by atoms with Gasteiger partial charge in [0.1, 0.15) is 11.3 Å². The summed E-state index contributed by atoms with van der Waals surface area (Å²) < 4.78 is 5.67. The van der Waals surface area contributed by atoms with Gasteiger partial charge in [0.2, 0.25) is 11.8 Å². The molecule has 1 aromatic carbocycles. The molecule has 2 amide bonds. The van der Waals surface area contributed by atoms with Crippen LogP contribution in [0.15, 0.2) is 34.7 Å². The highest BCUT2D eigenvalue weighted by atomic mass is 16.3. The van der Waals surface area contributed by atoms with E-state index < -0.39 is 0 Å². The Hall–Kier alpha value is -2.34. The Morgan fingerprint density at radius 3 is 3.04 bits per heavy atom. The van der Waals surface area contributed by atoms with Crippen molar-refractivity contribution in [3.8, 4) is 0 Å². The van der Waals surface area contributed by atoms with E-state index in [-0.39, 0.29) is 24.3 Å². The van der Waals surface area contributed by atoms with E-state index in [1.807, 2.05) is 42.2 Å². The molecule has 23 heavy (non-hydrogen) atoms. The molecule has 0 radical (unpaired) electrons. The molecule has 0 aliphatic carbocycles. The van der Waals surface area contributed by atoms with Gasteiger partial charge in [-0.3, -0.25) is 14.5 Å². The van der Waals surface area contributed by atoms with E-state index in [0.29, 0.717) is 18.8 Å². The number of hydrogen-bond acceptors (Lipinski definition) is 4. The molecular weight excluding hydrogens is 294 g/mol. The van der Waals surface area contributed by atoms with Crippen LogP contribution in [0, 0.1) is 0 Å². The summed E-state index contributed by atoms with van der Waals surface area (Å²) in [6.07, 6.45) is 0.167. The fraction of sp³-hybridized carbons (Fsp3) is 0.412. The second-order valence-corrected chi connectivity index (χ2v) is 5.67. The van der Waals surface area contributed by atoms with Gasteiger partial charge in [-0.2, -0.15) is 0 Å². The number of fused-ring (bicyclic) bond motifs is 1. The molecule has 6 heteroatoms. The van der Waals surface area contributed by atoms with Crippen molar-refractivity contribution in [3.63, 3.8) is 0 Å². The van der Waals surface area contributed by atoms with E-state index in [1.165, 1.54) is 0 Å². The van der Waals surface area contributed by atoms with Crippen LogP contribution in [0.25, 0.3) is 11.0 Å². The molecular formula is C17H21N3O3. The summed E-state index contributed by atoms with van der Waals surface area (Å²) in [5, 5.41) is 6.66. The zero-order valence-electron chi connectivity index (χ0n) is 13.2. The maximum absolute atomic E-state index is 12.1. The standard InChI is InChI=1S/C17H21N3O3/c1-2-20-8-7-18-17(22)14(20)10-16(21)19-11-13-9-12-5-3-4-6-15(12)23-13/h3-6,9,14H,2,7-8,10-11H2,1H3,(H,18,22)(H,19,21)/t14-/m1/s1. The molecule has 0 unspecified atom stereocenters. The highest BCUT2D eigenvalue weighted by Gasteiger charge is 2.30. The molecule has 1 fully saturated rings. The molecule has 0 bridgehead atoms. The van der Waals surface area contributed by atoms with Crippen LogP contribution in [0.1, 0.15) is 19.1 Å². The van der Waals surface area contributed by atoms with Crippen LogP contribution in [0.4, 0.5) is 0 Å². The average molecular weight is 315 g/mol. The third-order valence-corrected chi connectivity index (χ3v) is 4.16. The van der Waals surface area contributed by atoms with E-state index in [0.717, 1.165) is 24.1 Å². The summed E-state index contributed by atoms with van der Waals surface area (Å²) in [7, 11) is 0. The fourth-order valence-electron chi connectivity index (χ4n) is 2.92. The first-order valence-corrected chi connectivity index (χ1v) is 7.93. The van der Waals surface area contributed by atoms with Gasteiger partial charge in [0.25, 0.3) is 0 Å². The van der Waals surface area contributed by atoms with Crippen LogP contribution in [0.3, 0.4) is 0 Å². The first-order chi connectivity index (χ1) is 11.2. The smallest absolute Gasteiger partial charge is 0.237 e. The van der Waals surface area contributed by atoms with E-state index >= 15 is 0 Å². The predicted molar refractivity (Wildman–Crippen MR) is 86.7 cm³/mol. The minimum atomic E-state index is -0.385. The Morgan fingerprint density at radius 1 is 1.43 bits per heavy atom. The number of rotatable bonds is 5. The maximum Gasteiger partial charge on any atom is 0.237 e. The van der Waals surface area contributed by atoms with Gasteiger partial charge in [-0.1, -0.05) is 25.1 Å². The van der Waals surface area contributed by atoms with Gasteiger partial charge < -0.3 is 15.1 Å². The number of furan rings is 1. The highest BCUT2D eigenvalue weighted by Crippen LogP contribution is 2.18. The second kappa shape index (κ2) is 6.83. The van der Waals surface area contributed by atoms with Crippen LogP contribution in [0.5, 0.6) is 0 Å². The van der Waals surface area contributed by atoms with Crippen molar-refractivity contribution in [2.75, 3.05) is 19.6 Å². The van der Waals surface area contributed by atoms with E-state index in [9.17, 15) is 9.59 Å².